The molecule has 8 heteroatoms. The third-order valence-electron chi connectivity index (χ3n) is 4.57. The number of carbonyl (C=O) groups is 2. The minimum Gasteiger partial charge on any atom is -0.490 e. The normalized spacial score (nSPS) is 11.5. The molecule has 0 spiro atoms. The molecule has 0 amide bonds. The fraction of sp³-hybridized carbons (Fsp3) is 0.357. The van der Waals surface area contributed by atoms with Crippen LogP contribution in [0.1, 0.15) is 37.5 Å². The SMILES string of the molecule is Cc1cc(C#Cc2ccccc2OCC(O)CNC(C)(C)C)ccc1N(C)C.O=C(O)/C=C/C(=O)O. The lowest BCUT2D eigenvalue weighted by Gasteiger charge is -2.23. The molecule has 0 bridgehead atoms. The highest BCUT2D eigenvalue weighted by molar-refractivity contribution is 5.89. The molecule has 36 heavy (non-hydrogen) atoms. The Morgan fingerprint density at radius 1 is 1.06 bits per heavy atom. The molecule has 0 aromatic heterocycles. The maximum Gasteiger partial charge on any atom is 0.328 e. The predicted octanol–water partition coefficient (Wildman–Crippen LogP) is 3.30. The Kier molecular flexibility index (Phi) is 12.2. The molecule has 194 valence electrons. The van der Waals surface area contributed by atoms with E-state index in [0.717, 1.165) is 11.1 Å². The molecule has 0 aliphatic carbocycles. The van der Waals surface area contributed by atoms with Gasteiger partial charge in [-0.15, -0.1) is 0 Å². The van der Waals surface area contributed by atoms with Crippen LogP contribution in [0.3, 0.4) is 0 Å². The van der Waals surface area contributed by atoms with Gasteiger partial charge < -0.3 is 30.3 Å². The number of nitrogens with one attached hydrogen (secondary N) is 1. The topological polar surface area (TPSA) is 119 Å². The summed E-state index contributed by atoms with van der Waals surface area (Å²) in [6.07, 6.45) is 0.534. The first kappa shape index (κ1) is 30.2. The van der Waals surface area contributed by atoms with Gasteiger partial charge in [0.25, 0.3) is 0 Å². The van der Waals surface area contributed by atoms with Gasteiger partial charge in [0, 0.05) is 49.6 Å². The lowest BCUT2D eigenvalue weighted by Crippen LogP contribution is -2.42. The third-order valence-corrected chi connectivity index (χ3v) is 4.57. The van der Waals surface area contributed by atoms with Crippen molar-refractivity contribution < 1.29 is 29.6 Å². The first-order valence-electron chi connectivity index (χ1n) is 11.4. The van der Waals surface area contributed by atoms with Gasteiger partial charge in [-0.1, -0.05) is 24.0 Å². The zero-order valence-corrected chi connectivity index (χ0v) is 21.7. The first-order chi connectivity index (χ1) is 16.8. The molecular formula is C28H36N2O6. The zero-order chi connectivity index (χ0) is 27.3. The second-order valence-corrected chi connectivity index (χ2v) is 9.25. The molecule has 0 saturated heterocycles. The number of aryl methyl sites for hydroxylation is 1. The van der Waals surface area contributed by atoms with Crippen LogP contribution in [0.5, 0.6) is 5.75 Å². The third kappa shape index (κ3) is 12.6. The average molecular weight is 497 g/mol. The van der Waals surface area contributed by atoms with E-state index in [1.807, 2.05) is 44.4 Å². The number of carboxylic acid groups (broad SMARTS) is 2. The number of aliphatic hydroxyl groups excluding tert-OH is 1. The van der Waals surface area contributed by atoms with Crippen LogP contribution in [0.2, 0.25) is 0 Å². The molecule has 2 rings (SSSR count). The molecule has 2 aromatic carbocycles. The van der Waals surface area contributed by atoms with E-state index in [2.05, 4.69) is 61.9 Å². The van der Waals surface area contributed by atoms with Crippen LogP contribution in [-0.4, -0.2) is 66.1 Å². The van der Waals surface area contributed by atoms with Crippen molar-refractivity contribution in [3.63, 3.8) is 0 Å². The number of aliphatic carboxylic acids is 2. The summed E-state index contributed by atoms with van der Waals surface area (Å²) in [5.74, 6) is 4.59. The summed E-state index contributed by atoms with van der Waals surface area (Å²) in [6.45, 7) is 8.99. The molecule has 0 aliphatic heterocycles. The highest BCUT2D eigenvalue weighted by Crippen LogP contribution is 2.20. The first-order valence-corrected chi connectivity index (χ1v) is 11.4. The summed E-state index contributed by atoms with van der Waals surface area (Å²) in [5.41, 5.74) is 4.12. The van der Waals surface area contributed by atoms with Gasteiger partial charge in [-0.2, -0.15) is 0 Å². The number of nitrogens with zero attached hydrogens (tertiary/aromatic N) is 1. The summed E-state index contributed by atoms with van der Waals surface area (Å²) in [6, 6.07) is 13.9. The van der Waals surface area contributed by atoms with Gasteiger partial charge in [0.2, 0.25) is 0 Å². The van der Waals surface area contributed by atoms with Crippen molar-refractivity contribution >= 4 is 17.6 Å². The van der Waals surface area contributed by atoms with Gasteiger partial charge in [-0.25, -0.2) is 9.59 Å². The number of anilines is 1. The largest absolute Gasteiger partial charge is 0.490 e. The van der Waals surface area contributed by atoms with Gasteiger partial charge in [0.05, 0.1) is 5.56 Å². The molecule has 1 atom stereocenters. The summed E-state index contributed by atoms with van der Waals surface area (Å²) >= 11 is 0. The van der Waals surface area contributed by atoms with Gasteiger partial charge in [0.15, 0.2) is 0 Å². The van der Waals surface area contributed by atoms with Crippen LogP contribution in [0, 0.1) is 18.8 Å². The maximum atomic E-state index is 10.1. The second-order valence-electron chi connectivity index (χ2n) is 9.25. The fourth-order valence-electron chi connectivity index (χ4n) is 2.88. The van der Waals surface area contributed by atoms with Crippen LogP contribution in [0.15, 0.2) is 54.6 Å². The van der Waals surface area contributed by atoms with E-state index < -0.39 is 18.0 Å². The zero-order valence-electron chi connectivity index (χ0n) is 21.7. The van der Waals surface area contributed by atoms with E-state index in [-0.39, 0.29) is 12.1 Å². The number of carboxylic acids is 2. The molecule has 1 unspecified atom stereocenters. The van der Waals surface area contributed by atoms with Crippen LogP contribution >= 0.6 is 0 Å². The van der Waals surface area contributed by atoms with E-state index in [0.29, 0.717) is 24.4 Å². The number of rotatable bonds is 8. The van der Waals surface area contributed by atoms with E-state index in [1.54, 1.807) is 0 Å². The molecule has 0 radical (unpaired) electrons. The number of hydrogen-bond donors (Lipinski definition) is 4. The van der Waals surface area contributed by atoms with Crippen molar-refractivity contribution in [3.05, 3.63) is 71.3 Å². The molecule has 0 aliphatic rings. The minimum atomic E-state index is -1.26. The average Bonchev–Trinajstić information content (AvgIpc) is 2.79. The highest BCUT2D eigenvalue weighted by atomic mass is 16.5. The Bertz CT molecular complexity index is 1090. The monoisotopic (exact) mass is 496 g/mol. The molecule has 0 heterocycles. The molecule has 0 fully saturated rings. The standard InChI is InChI=1S/C24H32N2O2.C4H4O4/c1-18-15-19(12-14-22(18)26(5)6)11-13-20-9-7-8-10-23(20)28-17-21(27)16-25-24(2,3)4;5-3(6)1-2-4(7)8/h7-10,12,14-15,21,25,27H,16-17H2,1-6H3;1-2H,(H,5,6)(H,7,8)/b;2-1+. The molecule has 4 N–H and O–H groups in total. The quantitative estimate of drug-likeness (QED) is 0.325. The summed E-state index contributed by atoms with van der Waals surface area (Å²) in [7, 11) is 4.07. The highest BCUT2D eigenvalue weighted by Gasteiger charge is 2.13. The number of hydrogen-bond acceptors (Lipinski definition) is 6. The molecule has 8 nitrogen and oxygen atoms in total. The molecule has 2 aromatic rings. The van der Waals surface area contributed by atoms with Gasteiger partial charge in [-0.05, 0) is 63.6 Å². The Balaban J connectivity index is 0.000000697. The number of aliphatic hydroxyl groups is 1. The van der Waals surface area contributed by atoms with Crippen molar-refractivity contribution in [2.75, 3.05) is 32.1 Å². The van der Waals surface area contributed by atoms with Crippen LogP contribution in [0.25, 0.3) is 0 Å². The van der Waals surface area contributed by atoms with Crippen molar-refractivity contribution in [1.29, 1.82) is 0 Å². The minimum absolute atomic E-state index is 0.0371. The Morgan fingerprint density at radius 2 is 1.67 bits per heavy atom. The molecule has 0 saturated carbocycles. The van der Waals surface area contributed by atoms with Gasteiger partial charge in [0.1, 0.15) is 18.5 Å². The second kappa shape index (κ2) is 14.6. The van der Waals surface area contributed by atoms with Crippen LogP contribution in [0.4, 0.5) is 5.69 Å². The summed E-state index contributed by atoms with van der Waals surface area (Å²) in [5, 5.41) is 29.0. The van der Waals surface area contributed by atoms with E-state index in [9.17, 15) is 14.7 Å². The van der Waals surface area contributed by atoms with E-state index >= 15 is 0 Å². The van der Waals surface area contributed by atoms with Gasteiger partial charge in [-0.3, -0.25) is 0 Å². The van der Waals surface area contributed by atoms with E-state index in [4.69, 9.17) is 14.9 Å². The number of β-amino-alcohol motifs (C(OH)–C–C–N with tert-alkyl or cyclic N) is 1. The smallest absolute Gasteiger partial charge is 0.328 e. The lowest BCUT2D eigenvalue weighted by atomic mass is 10.1. The number of ether oxygens (including phenoxy) is 1. The fourth-order valence-corrected chi connectivity index (χ4v) is 2.88. The lowest BCUT2D eigenvalue weighted by molar-refractivity contribution is -0.134. The van der Waals surface area contributed by atoms with E-state index in [1.165, 1.54) is 11.3 Å². The Morgan fingerprint density at radius 3 is 2.19 bits per heavy atom. The van der Waals surface area contributed by atoms with Gasteiger partial charge >= 0.3 is 11.9 Å². The molecular weight excluding hydrogens is 460 g/mol. The van der Waals surface area contributed by atoms with Crippen molar-refractivity contribution in [2.45, 2.75) is 39.3 Å². The number of para-hydroxylation sites is 1. The predicted molar refractivity (Wildman–Crippen MR) is 142 cm³/mol. The Labute approximate surface area is 213 Å². The van der Waals surface area contributed by atoms with Crippen LogP contribution < -0.4 is 15.0 Å². The maximum absolute atomic E-state index is 10.1. The summed E-state index contributed by atoms with van der Waals surface area (Å²) < 4.78 is 5.83. The van der Waals surface area contributed by atoms with Crippen molar-refractivity contribution in [2.24, 2.45) is 0 Å². The Hall–Kier alpha value is -3.80. The van der Waals surface area contributed by atoms with Crippen molar-refractivity contribution in [1.82, 2.24) is 5.32 Å². The number of benzene rings is 2. The van der Waals surface area contributed by atoms with Crippen LogP contribution in [-0.2, 0) is 9.59 Å². The van der Waals surface area contributed by atoms with Crippen molar-refractivity contribution in [3.8, 4) is 17.6 Å². The summed E-state index contributed by atoms with van der Waals surface area (Å²) in [4.78, 5) is 21.2.